The number of nitrogens with one attached hydrogen (secondary N) is 1. The lowest BCUT2D eigenvalue weighted by Gasteiger charge is -2.11. The largest absolute Gasteiger partial charge is 0.348 e. The summed E-state index contributed by atoms with van der Waals surface area (Å²) >= 11 is 0. The number of rotatable bonds is 12. The summed E-state index contributed by atoms with van der Waals surface area (Å²) in [5.41, 5.74) is 16.8. The molecule has 2 aromatic rings. The van der Waals surface area contributed by atoms with Crippen LogP contribution in [-0.4, -0.2) is 24.5 Å². The minimum Gasteiger partial charge on any atom is -0.339 e. The summed E-state index contributed by atoms with van der Waals surface area (Å²) in [5, 5.41) is 0. The highest BCUT2D eigenvalue weighted by atomic mass is 16.7. The second-order valence-corrected chi connectivity index (χ2v) is 7.52. The summed E-state index contributed by atoms with van der Waals surface area (Å²) in [6, 6.07) is 17.7. The molecule has 162 valence electrons. The maximum Gasteiger partial charge on any atom is 0.348 e. The molecule has 6 nitrogen and oxygen atoms in total. The Bertz CT molecular complexity index is 763. The Morgan fingerprint density at radius 3 is 2.07 bits per heavy atom. The first-order valence-corrected chi connectivity index (χ1v) is 10.7. The summed E-state index contributed by atoms with van der Waals surface area (Å²) in [4.78, 5) is 28.5. The van der Waals surface area contributed by atoms with Crippen molar-refractivity contribution in [3.05, 3.63) is 71.3 Å². The van der Waals surface area contributed by atoms with Gasteiger partial charge in [-0.15, -0.1) is 0 Å². The molecule has 0 aliphatic heterocycles. The number of carbonyl (C=O) groups excluding carboxylic acids is 2. The molecule has 30 heavy (non-hydrogen) atoms. The van der Waals surface area contributed by atoms with Crippen molar-refractivity contribution in [2.45, 2.75) is 57.4 Å². The van der Waals surface area contributed by atoms with E-state index in [2.05, 4.69) is 29.7 Å². The van der Waals surface area contributed by atoms with E-state index in [4.69, 9.17) is 16.3 Å². The van der Waals surface area contributed by atoms with Crippen molar-refractivity contribution < 1.29 is 14.4 Å². The van der Waals surface area contributed by atoms with Crippen molar-refractivity contribution in [2.24, 2.45) is 11.5 Å². The molecule has 2 aromatic carbocycles. The first-order valence-electron chi connectivity index (χ1n) is 10.7. The Morgan fingerprint density at radius 1 is 0.833 bits per heavy atom. The van der Waals surface area contributed by atoms with Crippen LogP contribution in [0, 0.1) is 0 Å². The standard InChI is InChI=1S/C24H33N3O3/c25-17-7-6-12-22(26)24(29)30-27-23(28)18-21-15-13-20(14-16-21)11-5-4-10-19-8-2-1-3-9-19/h1-3,8-9,13-16,22H,4-7,10-12,17-18,25-26H2,(H,27,28). The van der Waals surface area contributed by atoms with Gasteiger partial charge in [0.1, 0.15) is 6.04 Å². The van der Waals surface area contributed by atoms with Gasteiger partial charge in [0.2, 0.25) is 0 Å². The third kappa shape index (κ3) is 9.20. The number of benzene rings is 2. The lowest BCUT2D eigenvalue weighted by atomic mass is 10.0. The van der Waals surface area contributed by atoms with Crippen molar-refractivity contribution in [1.82, 2.24) is 5.48 Å². The van der Waals surface area contributed by atoms with E-state index in [0.29, 0.717) is 13.0 Å². The van der Waals surface area contributed by atoms with Crippen LogP contribution >= 0.6 is 0 Å². The topological polar surface area (TPSA) is 107 Å². The van der Waals surface area contributed by atoms with Crippen molar-refractivity contribution >= 4 is 11.9 Å². The number of unbranched alkanes of at least 4 members (excludes halogenated alkanes) is 2. The van der Waals surface area contributed by atoms with Gasteiger partial charge in [-0.25, -0.2) is 4.79 Å². The number of hydrogen-bond acceptors (Lipinski definition) is 5. The molecule has 0 saturated heterocycles. The fourth-order valence-electron chi connectivity index (χ4n) is 3.16. The molecule has 5 N–H and O–H groups in total. The van der Waals surface area contributed by atoms with Gasteiger partial charge >= 0.3 is 5.97 Å². The first kappa shape index (κ1) is 23.6. The van der Waals surface area contributed by atoms with Gasteiger partial charge in [0.25, 0.3) is 5.91 Å². The predicted octanol–water partition coefficient (Wildman–Crippen LogP) is 2.83. The van der Waals surface area contributed by atoms with Crippen LogP contribution in [0.25, 0.3) is 0 Å². The molecule has 0 bridgehead atoms. The van der Waals surface area contributed by atoms with Gasteiger partial charge in [-0.1, -0.05) is 61.0 Å². The van der Waals surface area contributed by atoms with E-state index >= 15 is 0 Å². The van der Waals surface area contributed by atoms with Gasteiger partial charge in [0.05, 0.1) is 6.42 Å². The molecule has 1 atom stereocenters. The zero-order valence-corrected chi connectivity index (χ0v) is 17.5. The molecule has 1 unspecified atom stereocenters. The molecular weight excluding hydrogens is 378 g/mol. The number of hydrogen-bond donors (Lipinski definition) is 3. The molecule has 0 aromatic heterocycles. The van der Waals surface area contributed by atoms with Crippen LogP contribution in [0.15, 0.2) is 54.6 Å². The van der Waals surface area contributed by atoms with E-state index in [9.17, 15) is 9.59 Å². The second kappa shape index (κ2) is 13.5. The number of amides is 1. The SMILES string of the molecule is NCCCCC(N)C(=O)ONC(=O)Cc1ccc(CCCCc2ccccc2)cc1. The molecular formula is C24H33N3O3. The van der Waals surface area contributed by atoms with Crippen LogP contribution in [0.2, 0.25) is 0 Å². The number of nitrogens with two attached hydrogens (primary N) is 2. The monoisotopic (exact) mass is 411 g/mol. The van der Waals surface area contributed by atoms with Crippen LogP contribution in [0.1, 0.15) is 48.8 Å². The number of aryl methyl sites for hydroxylation is 2. The summed E-state index contributed by atoms with van der Waals surface area (Å²) < 4.78 is 0. The normalized spacial score (nSPS) is 11.7. The smallest absolute Gasteiger partial charge is 0.339 e. The average molecular weight is 412 g/mol. The average Bonchev–Trinajstić information content (AvgIpc) is 2.77. The molecule has 0 aliphatic carbocycles. The lowest BCUT2D eigenvalue weighted by molar-refractivity contribution is -0.159. The van der Waals surface area contributed by atoms with E-state index in [1.807, 2.05) is 30.3 Å². The minimum absolute atomic E-state index is 0.143. The van der Waals surface area contributed by atoms with E-state index in [1.165, 1.54) is 11.1 Å². The summed E-state index contributed by atoms with van der Waals surface area (Å²) in [6.45, 7) is 0.560. The second-order valence-electron chi connectivity index (χ2n) is 7.52. The van der Waals surface area contributed by atoms with Gasteiger partial charge in [0, 0.05) is 0 Å². The van der Waals surface area contributed by atoms with E-state index < -0.39 is 12.0 Å². The summed E-state index contributed by atoms with van der Waals surface area (Å²) in [5.74, 6) is -1.01. The van der Waals surface area contributed by atoms with E-state index in [-0.39, 0.29) is 12.3 Å². The van der Waals surface area contributed by atoms with Crippen LogP contribution in [0.4, 0.5) is 0 Å². The van der Waals surface area contributed by atoms with Crippen LogP contribution < -0.4 is 16.9 Å². The van der Waals surface area contributed by atoms with Crippen LogP contribution in [0.5, 0.6) is 0 Å². The zero-order chi connectivity index (χ0) is 21.6. The van der Waals surface area contributed by atoms with Gasteiger partial charge < -0.3 is 16.3 Å². The Morgan fingerprint density at radius 2 is 1.43 bits per heavy atom. The summed E-state index contributed by atoms with van der Waals surface area (Å²) in [7, 11) is 0. The predicted molar refractivity (Wildman–Crippen MR) is 118 cm³/mol. The van der Waals surface area contributed by atoms with Crippen molar-refractivity contribution in [1.29, 1.82) is 0 Å². The molecule has 0 fully saturated rings. The molecule has 2 rings (SSSR count). The quantitative estimate of drug-likeness (QED) is 0.368. The third-order valence-electron chi connectivity index (χ3n) is 4.95. The molecule has 0 radical (unpaired) electrons. The van der Waals surface area contributed by atoms with Crippen molar-refractivity contribution in [3.63, 3.8) is 0 Å². The maximum atomic E-state index is 12.0. The van der Waals surface area contributed by atoms with Gasteiger partial charge in [-0.3, -0.25) is 4.79 Å². The Labute approximate surface area is 178 Å². The minimum atomic E-state index is -0.752. The highest BCUT2D eigenvalue weighted by Crippen LogP contribution is 2.11. The highest BCUT2D eigenvalue weighted by molar-refractivity contribution is 5.81. The van der Waals surface area contributed by atoms with E-state index in [1.54, 1.807) is 0 Å². The number of hydroxylamine groups is 1. The highest BCUT2D eigenvalue weighted by Gasteiger charge is 2.16. The molecule has 0 heterocycles. The first-order chi connectivity index (χ1) is 14.6. The maximum absolute atomic E-state index is 12.0. The summed E-state index contributed by atoms with van der Waals surface area (Å²) in [6.07, 6.45) is 6.55. The fraction of sp³-hybridized carbons (Fsp3) is 0.417. The zero-order valence-electron chi connectivity index (χ0n) is 17.5. The van der Waals surface area contributed by atoms with Crippen molar-refractivity contribution in [3.8, 4) is 0 Å². The van der Waals surface area contributed by atoms with Crippen LogP contribution in [0.3, 0.4) is 0 Å². The van der Waals surface area contributed by atoms with E-state index in [0.717, 1.165) is 44.1 Å². The fourth-order valence-corrected chi connectivity index (χ4v) is 3.16. The number of carbonyl (C=O) groups is 2. The molecule has 0 spiro atoms. The van der Waals surface area contributed by atoms with Gasteiger partial charge in [-0.05, 0) is 61.8 Å². The molecule has 0 aliphatic rings. The Kier molecular flexibility index (Phi) is 10.6. The Hall–Kier alpha value is -2.70. The molecule has 0 saturated carbocycles. The van der Waals surface area contributed by atoms with Gasteiger partial charge in [-0.2, -0.15) is 5.48 Å². The third-order valence-corrected chi connectivity index (χ3v) is 4.95. The van der Waals surface area contributed by atoms with Crippen LogP contribution in [-0.2, 0) is 33.7 Å². The lowest BCUT2D eigenvalue weighted by Crippen LogP contribution is -2.38. The molecule has 1 amide bonds. The Balaban J connectivity index is 1.64. The van der Waals surface area contributed by atoms with Crippen molar-refractivity contribution in [2.75, 3.05) is 6.54 Å². The van der Waals surface area contributed by atoms with Gasteiger partial charge in [0.15, 0.2) is 0 Å². The molecule has 6 heteroatoms.